The minimum Gasteiger partial charge on any atom is -0.426 e. The normalized spacial score (nSPS) is 9.57. The van der Waals surface area contributed by atoms with E-state index in [4.69, 9.17) is 10.5 Å². The number of amides is 1. The molecule has 0 unspecified atom stereocenters. The van der Waals surface area contributed by atoms with Crippen LogP contribution in [-0.4, -0.2) is 11.9 Å². The van der Waals surface area contributed by atoms with E-state index >= 15 is 0 Å². The highest BCUT2D eigenvalue weighted by Gasteiger charge is 2.10. The van der Waals surface area contributed by atoms with Crippen molar-refractivity contribution in [3.05, 3.63) is 29.3 Å². The molecule has 4 heteroatoms. The number of ether oxygens (including phenoxy) is 1. The lowest BCUT2D eigenvalue weighted by atomic mass is 10.1. The average Bonchev–Trinajstić information content (AvgIpc) is 2.01. The summed E-state index contributed by atoms with van der Waals surface area (Å²) in [5.41, 5.74) is 6.22. The zero-order valence-corrected chi connectivity index (χ0v) is 8.03. The molecular formula is C10H11NO3. The van der Waals surface area contributed by atoms with E-state index in [1.165, 1.54) is 13.0 Å². The van der Waals surface area contributed by atoms with Crippen LogP contribution in [0.15, 0.2) is 18.2 Å². The van der Waals surface area contributed by atoms with Crippen molar-refractivity contribution in [3.63, 3.8) is 0 Å². The number of aryl methyl sites for hydroxylation is 1. The van der Waals surface area contributed by atoms with Gasteiger partial charge < -0.3 is 10.5 Å². The second-order valence-corrected chi connectivity index (χ2v) is 2.96. The Bertz CT molecular complexity index is 385. The fourth-order valence-corrected chi connectivity index (χ4v) is 1.07. The molecule has 0 aromatic heterocycles. The summed E-state index contributed by atoms with van der Waals surface area (Å²) >= 11 is 0. The summed E-state index contributed by atoms with van der Waals surface area (Å²) in [6.45, 7) is 3.10. The summed E-state index contributed by atoms with van der Waals surface area (Å²) in [7, 11) is 0. The van der Waals surface area contributed by atoms with Gasteiger partial charge in [-0.1, -0.05) is 6.07 Å². The van der Waals surface area contributed by atoms with E-state index in [0.29, 0.717) is 0 Å². The lowest BCUT2D eigenvalue weighted by Gasteiger charge is -2.06. The Kier molecular flexibility index (Phi) is 2.86. The highest BCUT2D eigenvalue weighted by molar-refractivity contribution is 5.96. The first-order valence-electron chi connectivity index (χ1n) is 4.09. The minimum atomic E-state index is -0.610. The fraction of sp³-hybridized carbons (Fsp3) is 0.200. The Morgan fingerprint density at radius 1 is 1.36 bits per heavy atom. The standard InChI is InChI=1S/C10H11NO3/c1-6-3-4-8(10(11)13)9(5-6)14-7(2)12/h3-5H,1-2H3,(H2,11,13). The highest BCUT2D eigenvalue weighted by atomic mass is 16.5. The molecule has 1 amide bonds. The van der Waals surface area contributed by atoms with Crippen molar-refractivity contribution in [2.24, 2.45) is 5.73 Å². The van der Waals surface area contributed by atoms with Crippen molar-refractivity contribution in [2.45, 2.75) is 13.8 Å². The monoisotopic (exact) mass is 193 g/mol. The quantitative estimate of drug-likeness (QED) is 0.563. The van der Waals surface area contributed by atoms with E-state index in [9.17, 15) is 9.59 Å². The molecule has 2 N–H and O–H groups in total. The van der Waals surface area contributed by atoms with Gasteiger partial charge in [0.25, 0.3) is 5.91 Å². The van der Waals surface area contributed by atoms with Crippen molar-refractivity contribution in [2.75, 3.05) is 0 Å². The lowest BCUT2D eigenvalue weighted by Crippen LogP contribution is -2.14. The molecule has 0 saturated heterocycles. The van der Waals surface area contributed by atoms with Gasteiger partial charge in [0, 0.05) is 6.92 Å². The molecule has 0 bridgehead atoms. The number of carbonyl (C=O) groups is 2. The number of hydrogen-bond donors (Lipinski definition) is 1. The van der Waals surface area contributed by atoms with Crippen LogP contribution in [0.2, 0.25) is 0 Å². The van der Waals surface area contributed by atoms with Gasteiger partial charge in [0.2, 0.25) is 0 Å². The molecule has 1 aromatic rings. The predicted octanol–water partition coefficient (Wildman–Crippen LogP) is 1.02. The maximum Gasteiger partial charge on any atom is 0.308 e. The Hall–Kier alpha value is -1.84. The zero-order valence-electron chi connectivity index (χ0n) is 8.03. The third-order valence-electron chi connectivity index (χ3n) is 1.66. The Morgan fingerprint density at radius 2 is 2.00 bits per heavy atom. The molecule has 1 aromatic carbocycles. The summed E-state index contributed by atoms with van der Waals surface area (Å²) in [6, 6.07) is 4.87. The molecule has 0 spiro atoms. The summed E-state index contributed by atoms with van der Waals surface area (Å²) < 4.78 is 4.85. The maximum absolute atomic E-state index is 10.9. The zero-order chi connectivity index (χ0) is 10.7. The van der Waals surface area contributed by atoms with Crippen LogP contribution < -0.4 is 10.5 Å². The van der Waals surface area contributed by atoms with Crippen LogP contribution in [0.25, 0.3) is 0 Å². The molecule has 74 valence electrons. The summed E-state index contributed by atoms with van der Waals surface area (Å²) in [5, 5.41) is 0. The summed E-state index contributed by atoms with van der Waals surface area (Å²) in [6.07, 6.45) is 0. The van der Waals surface area contributed by atoms with E-state index in [0.717, 1.165) is 5.56 Å². The van der Waals surface area contributed by atoms with E-state index in [1.54, 1.807) is 12.1 Å². The van der Waals surface area contributed by atoms with Crippen molar-refractivity contribution in [1.82, 2.24) is 0 Å². The van der Waals surface area contributed by atoms with Gasteiger partial charge in [-0.05, 0) is 24.6 Å². The number of hydrogen-bond acceptors (Lipinski definition) is 3. The number of rotatable bonds is 2. The number of carbonyl (C=O) groups excluding carboxylic acids is 2. The van der Waals surface area contributed by atoms with Gasteiger partial charge in [0.15, 0.2) is 0 Å². The summed E-state index contributed by atoms with van der Waals surface area (Å²) in [5.74, 6) is -0.871. The average molecular weight is 193 g/mol. The minimum absolute atomic E-state index is 0.213. The molecule has 0 radical (unpaired) electrons. The molecule has 4 nitrogen and oxygen atoms in total. The van der Waals surface area contributed by atoms with Crippen molar-refractivity contribution >= 4 is 11.9 Å². The molecule has 0 fully saturated rings. The van der Waals surface area contributed by atoms with Gasteiger partial charge >= 0.3 is 5.97 Å². The molecule has 0 aliphatic carbocycles. The first kappa shape index (κ1) is 10.2. The van der Waals surface area contributed by atoms with Crippen LogP contribution in [0.4, 0.5) is 0 Å². The Labute approximate surface area is 81.7 Å². The van der Waals surface area contributed by atoms with Crippen molar-refractivity contribution < 1.29 is 14.3 Å². The molecule has 0 atom stereocenters. The molecule has 14 heavy (non-hydrogen) atoms. The Morgan fingerprint density at radius 3 is 2.50 bits per heavy atom. The first-order chi connectivity index (χ1) is 6.50. The van der Waals surface area contributed by atoms with Crippen LogP contribution in [-0.2, 0) is 4.79 Å². The third-order valence-corrected chi connectivity index (χ3v) is 1.66. The van der Waals surface area contributed by atoms with E-state index < -0.39 is 11.9 Å². The molecular weight excluding hydrogens is 182 g/mol. The van der Waals surface area contributed by atoms with Gasteiger partial charge in [-0.15, -0.1) is 0 Å². The molecule has 0 aliphatic rings. The summed E-state index contributed by atoms with van der Waals surface area (Å²) in [4.78, 5) is 21.7. The van der Waals surface area contributed by atoms with Crippen LogP contribution in [0.5, 0.6) is 5.75 Å². The number of esters is 1. The van der Waals surface area contributed by atoms with Crippen molar-refractivity contribution in [3.8, 4) is 5.75 Å². The van der Waals surface area contributed by atoms with E-state index in [2.05, 4.69) is 0 Å². The largest absolute Gasteiger partial charge is 0.426 e. The fourth-order valence-electron chi connectivity index (χ4n) is 1.07. The third kappa shape index (κ3) is 2.32. The second-order valence-electron chi connectivity index (χ2n) is 2.96. The second kappa shape index (κ2) is 3.91. The topological polar surface area (TPSA) is 69.4 Å². The van der Waals surface area contributed by atoms with Crippen LogP contribution in [0, 0.1) is 6.92 Å². The van der Waals surface area contributed by atoms with Gasteiger partial charge in [-0.2, -0.15) is 0 Å². The van der Waals surface area contributed by atoms with E-state index in [-0.39, 0.29) is 11.3 Å². The number of benzene rings is 1. The number of primary amides is 1. The maximum atomic E-state index is 10.9. The number of nitrogens with two attached hydrogens (primary N) is 1. The van der Waals surface area contributed by atoms with Crippen LogP contribution >= 0.6 is 0 Å². The van der Waals surface area contributed by atoms with Gasteiger partial charge in [-0.3, -0.25) is 9.59 Å². The van der Waals surface area contributed by atoms with E-state index in [1.807, 2.05) is 6.92 Å². The Balaban J connectivity index is 3.15. The van der Waals surface area contributed by atoms with Crippen LogP contribution in [0.1, 0.15) is 22.8 Å². The molecule has 0 heterocycles. The molecule has 0 saturated carbocycles. The predicted molar refractivity (Wildman–Crippen MR) is 51.0 cm³/mol. The van der Waals surface area contributed by atoms with Crippen molar-refractivity contribution in [1.29, 1.82) is 0 Å². The SMILES string of the molecule is CC(=O)Oc1cc(C)ccc1C(N)=O. The first-order valence-corrected chi connectivity index (χ1v) is 4.09. The highest BCUT2D eigenvalue weighted by Crippen LogP contribution is 2.19. The van der Waals surface area contributed by atoms with Gasteiger partial charge in [0.1, 0.15) is 5.75 Å². The smallest absolute Gasteiger partial charge is 0.308 e. The molecule has 0 aliphatic heterocycles. The van der Waals surface area contributed by atoms with Gasteiger partial charge in [0.05, 0.1) is 5.56 Å². The molecule has 1 rings (SSSR count). The van der Waals surface area contributed by atoms with Crippen LogP contribution in [0.3, 0.4) is 0 Å². The van der Waals surface area contributed by atoms with Gasteiger partial charge in [-0.25, -0.2) is 0 Å². The lowest BCUT2D eigenvalue weighted by molar-refractivity contribution is -0.131.